The van der Waals surface area contributed by atoms with Crippen LogP contribution in [0.15, 0.2) is 36.9 Å². The molecule has 2 aliphatic rings. The highest BCUT2D eigenvalue weighted by Crippen LogP contribution is 2.33. The maximum Gasteiger partial charge on any atom is 0.244 e. The third-order valence-corrected chi connectivity index (χ3v) is 6.32. The zero-order chi connectivity index (χ0) is 21.7. The van der Waals surface area contributed by atoms with Gasteiger partial charge in [-0.05, 0) is 43.9 Å². The summed E-state index contributed by atoms with van der Waals surface area (Å²) >= 11 is 0. The summed E-state index contributed by atoms with van der Waals surface area (Å²) in [5, 5.41) is 12.3. The van der Waals surface area contributed by atoms with Gasteiger partial charge in [0, 0.05) is 48.6 Å². The van der Waals surface area contributed by atoms with Crippen LogP contribution in [0.1, 0.15) is 25.7 Å². The Balaban J connectivity index is 1.24. The summed E-state index contributed by atoms with van der Waals surface area (Å²) in [5.41, 5.74) is 3.51. The summed E-state index contributed by atoms with van der Waals surface area (Å²) in [6.45, 7) is 1.57. The van der Waals surface area contributed by atoms with Crippen LogP contribution in [-0.4, -0.2) is 66.2 Å². The second-order valence-corrected chi connectivity index (χ2v) is 8.47. The highest BCUT2D eigenvalue weighted by atomic mass is 16.5. The first-order valence-corrected chi connectivity index (χ1v) is 11.0. The minimum absolute atomic E-state index is 0.227. The number of likely N-dealkylation sites (tertiary alicyclic amines) is 1. The molecule has 1 aliphatic heterocycles. The van der Waals surface area contributed by atoms with E-state index in [2.05, 4.69) is 25.5 Å². The van der Waals surface area contributed by atoms with E-state index in [-0.39, 0.29) is 12.0 Å². The number of anilines is 1. The van der Waals surface area contributed by atoms with Crippen molar-refractivity contribution in [2.24, 2.45) is 5.92 Å². The molecule has 10 nitrogen and oxygen atoms in total. The molecule has 6 rings (SSSR count). The fourth-order valence-electron chi connectivity index (χ4n) is 4.42. The summed E-state index contributed by atoms with van der Waals surface area (Å²) in [4.78, 5) is 23.1. The average molecular weight is 432 g/mol. The number of ether oxygens (including phenoxy) is 1. The first kappa shape index (κ1) is 19.0. The summed E-state index contributed by atoms with van der Waals surface area (Å²) in [6, 6.07) is 6.15. The Morgan fingerprint density at radius 3 is 2.75 bits per heavy atom. The monoisotopic (exact) mass is 432 g/mol. The lowest BCUT2D eigenvalue weighted by molar-refractivity contribution is -0.133. The van der Waals surface area contributed by atoms with Crippen LogP contribution in [-0.2, 0) is 4.79 Å². The Hall–Kier alpha value is -3.69. The van der Waals surface area contributed by atoms with E-state index in [0.717, 1.165) is 61.1 Å². The van der Waals surface area contributed by atoms with Crippen molar-refractivity contribution in [2.45, 2.75) is 31.7 Å². The van der Waals surface area contributed by atoms with E-state index in [0.29, 0.717) is 17.7 Å². The zero-order valence-corrected chi connectivity index (χ0v) is 17.8. The summed E-state index contributed by atoms with van der Waals surface area (Å²) < 4.78 is 9.16. The molecular weight excluding hydrogens is 408 g/mol. The molecule has 1 aliphatic carbocycles. The zero-order valence-electron chi connectivity index (χ0n) is 17.8. The van der Waals surface area contributed by atoms with Crippen LogP contribution in [0.2, 0.25) is 0 Å². The van der Waals surface area contributed by atoms with Crippen LogP contribution < -0.4 is 10.1 Å². The number of nitrogens with one attached hydrogen (secondary N) is 1. The van der Waals surface area contributed by atoms with Gasteiger partial charge in [-0.15, -0.1) is 5.10 Å². The number of hydrogen-bond acceptors (Lipinski definition) is 7. The van der Waals surface area contributed by atoms with Crippen molar-refractivity contribution in [1.29, 1.82) is 0 Å². The molecule has 0 spiro atoms. The van der Waals surface area contributed by atoms with Gasteiger partial charge in [0.05, 0.1) is 7.11 Å². The number of rotatable bonds is 5. The Kier molecular flexibility index (Phi) is 4.44. The molecule has 1 N–H and O–H groups in total. The molecule has 0 radical (unpaired) electrons. The van der Waals surface area contributed by atoms with Crippen molar-refractivity contribution in [1.82, 2.24) is 34.1 Å². The summed E-state index contributed by atoms with van der Waals surface area (Å²) in [6.07, 6.45) is 9.24. The molecular formula is C22H24N8O2. The van der Waals surface area contributed by atoms with Crippen molar-refractivity contribution in [3.8, 4) is 17.0 Å². The summed E-state index contributed by atoms with van der Waals surface area (Å²) in [5.74, 6) is 1.63. The molecule has 0 atom stereocenters. The first-order valence-electron chi connectivity index (χ1n) is 11.0. The van der Waals surface area contributed by atoms with Crippen LogP contribution in [0.3, 0.4) is 0 Å². The Morgan fingerprint density at radius 2 is 1.97 bits per heavy atom. The van der Waals surface area contributed by atoms with Crippen molar-refractivity contribution in [3.63, 3.8) is 0 Å². The topological polar surface area (TPSA) is 102 Å². The van der Waals surface area contributed by atoms with Gasteiger partial charge in [-0.2, -0.15) is 10.1 Å². The molecule has 1 amide bonds. The van der Waals surface area contributed by atoms with E-state index < -0.39 is 0 Å². The Morgan fingerprint density at radius 1 is 1.12 bits per heavy atom. The van der Waals surface area contributed by atoms with Crippen LogP contribution >= 0.6 is 0 Å². The third-order valence-electron chi connectivity index (χ3n) is 6.32. The van der Waals surface area contributed by atoms with E-state index in [1.54, 1.807) is 16.1 Å². The molecule has 5 heterocycles. The molecule has 0 aromatic carbocycles. The molecule has 1 saturated carbocycles. The molecule has 4 aromatic heterocycles. The molecule has 10 heteroatoms. The predicted molar refractivity (Wildman–Crippen MR) is 117 cm³/mol. The van der Waals surface area contributed by atoms with Crippen molar-refractivity contribution in [2.75, 3.05) is 25.5 Å². The SMILES string of the molecule is COc1nc(NC2CCN(C(=O)C3CC3)CC2)nn2ccc(-c3ccc4ncnn4c3)c12. The second-order valence-electron chi connectivity index (χ2n) is 8.47. The van der Waals surface area contributed by atoms with Gasteiger partial charge in [0.15, 0.2) is 5.65 Å². The van der Waals surface area contributed by atoms with Crippen LogP contribution in [0.25, 0.3) is 22.3 Å². The fraction of sp³-hybridized carbons (Fsp3) is 0.409. The number of aromatic nitrogens is 6. The minimum Gasteiger partial charge on any atom is -0.479 e. The predicted octanol–water partition coefficient (Wildman–Crippen LogP) is 2.26. The number of pyridine rings is 1. The Labute approximate surface area is 184 Å². The van der Waals surface area contributed by atoms with Gasteiger partial charge in [-0.3, -0.25) is 4.79 Å². The van der Waals surface area contributed by atoms with Crippen LogP contribution in [0.5, 0.6) is 5.88 Å². The summed E-state index contributed by atoms with van der Waals surface area (Å²) in [7, 11) is 1.62. The van der Waals surface area contributed by atoms with E-state index in [4.69, 9.17) is 4.74 Å². The van der Waals surface area contributed by atoms with Crippen molar-refractivity contribution < 1.29 is 9.53 Å². The van der Waals surface area contributed by atoms with Gasteiger partial charge < -0.3 is 15.0 Å². The van der Waals surface area contributed by atoms with Gasteiger partial charge in [0.1, 0.15) is 11.8 Å². The maximum absolute atomic E-state index is 12.3. The molecule has 0 bridgehead atoms. The van der Waals surface area contributed by atoms with Crippen LogP contribution in [0, 0.1) is 5.92 Å². The standard InChI is InChI=1S/C22H24N8O2/c1-32-20-19-17(15-4-5-18-23-13-24-30(18)12-15)8-11-29(19)27-22(26-20)25-16-6-9-28(10-7-16)21(31)14-2-3-14/h4-5,8,11-14,16H,2-3,6-7,9-10H2,1H3,(H,25,27). The van der Waals surface area contributed by atoms with Gasteiger partial charge >= 0.3 is 0 Å². The minimum atomic E-state index is 0.227. The number of fused-ring (bicyclic) bond motifs is 2. The molecule has 4 aromatic rings. The number of methoxy groups -OCH3 is 1. The molecule has 32 heavy (non-hydrogen) atoms. The smallest absolute Gasteiger partial charge is 0.244 e. The number of carbonyl (C=O) groups excluding carboxylic acids is 1. The second kappa shape index (κ2) is 7.47. The quantitative estimate of drug-likeness (QED) is 0.516. The fourth-order valence-corrected chi connectivity index (χ4v) is 4.42. The van der Waals surface area contributed by atoms with E-state index in [1.807, 2.05) is 35.5 Å². The van der Waals surface area contributed by atoms with Crippen molar-refractivity contribution in [3.05, 3.63) is 36.9 Å². The van der Waals surface area contributed by atoms with Gasteiger partial charge in [-0.1, -0.05) is 0 Å². The molecule has 164 valence electrons. The first-order chi connectivity index (χ1) is 15.7. The lowest BCUT2D eigenvalue weighted by atomic mass is 10.0. The van der Waals surface area contributed by atoms with Crippen molar-refractivity contribution >= 4 is 23.0 Å². The number of piperidine rings is 1. The third kappa shape index (κ3) is 3.31. The number of amides is 1. The Bertz CT molecular complexity index is 1300. The molecule has 1 saturated heterocycles. The van der Waals surface area contributed by atoms with E-state index in [9.17, 15) is 4.79 Å². The molecule has 0 unspecified atom stereocenters. The lowest BCUT2D eigenvalue weighted by Gasteiger charge is -2.32. The van der Waals surface area contributed by atoms with Gasteiger partial charge in [0.25, 0.3) is 0 Å². The number of carbonyl (C=O) groups is 1. The lowest BCUT2D eigenvalue weighted by Crippen LogP contribution is -2.43. The van der Waals surface area contributed by atoms with E-state index >= 15 is 0 Å². The van der Waals surface area contributed by atoms with Gasteiger partial charge in [0.2, 0.25) is 17.7 Å². The number of nitrogens with zero attached hydrogens (tertiary/aromatic N) is 7. The van der Waals surface area contributed by atoms with Crippen LogP contribution in [0.4, 0.5) is 5.95 Å². The largest absolute Gasteiger partial charge is 0.479 e. The molecule has 2 fully saturated rings. The van der Waals surface area contributed by atoms with E-state index in [1.165, 1.54) is 6.33 Å². The maximum atomic E-state index is 12.3. The normalized spacial score (nSPS) is 17.2. The average Bonchev–Trinajstić information content (AvgIpc) is 3.41. The van der Waals surface area contributed by atoms with Gasteiger partial charge in [-0.25, -0.2) is 14.0 Å². The highest BCUT2D eigenvalue weighted by Gasteiger charge is 2.35. The highest BCUT2D eigenvalue weighted by molar-refractivity contribution is 5.84. The number of hydrogen-bond donors (Lipinski definition) is 1.